The number of nitrogens with two attached hydrogens (primary N) is 1. The van der Waals surface area contributed by atoms with Crippen LogP contribution in [0.15, 0.2) is 53.5 Å². The summed E-state index contributed by atoms with van der Waals surface area (Å²) in [6.07, 6.45) is 0. The second kappa shape index (κ2) is 8.35. The molecule has 2 aromatic rings. The van der Waals surface area contributed by atoms with E-state index in [9.17, 15) is 0 Å². The van der Waals surface area contributed by atoms with Crippen molar-refractivity contribution in [3.05, 3.63) is 59.7 Å². The number of amidine groups is 1. The average molecular weight is 368 g/mol. The predicted octanol–water partition coefficient (Wildman–Crippen LogP) is 3.95. The molecule has 0 bridgehead atoms. The lowest BCUT2D eigenvalue weighted by Gasteiger charge is -2.30. The maximum atomic E-state index is 8.36. The third kappa shape index (κ3) is 5.17. The number of aliphatic imine (C=N–C) groups is 1. The molecular formula is C22H28N2O3. The molecule has 0 aliphatic carbocycles. The van der Waals surface area contributed by atoms with Crippen LogP contribution in [0.3, 0.4) is 0 Å². The molecule has 27 heavy (non-hydrogen) atoms. The molecule has 0 spiro atoms. The van der Waals surface area contributed by atoms with Gasteiger partial charge in [0, 0.05) is 0 Å². The molecule has 1 atom stereocenters. The van der Waals surface area contributed by atoms with Gasteiger partial charge in [0.05, 0.1) is 6.61 Å². The number of hydrogen-bond acceptors (Lipinski definition) is 4. The van der Waals surface area contributed by atoms with Crippen LogP contribution in [-0.2, 0) is 20.5 Å². The highest BCUT2D eigenvalue weighted by molar-refractivity contribution is 5.82. The zero-order valence-electron chi connectivity index (χ0n) is 16.4. The number of ether oxygens (including phenoxy) is 1. The summed E-state index contributed by atoms with van der Waals surface area (Å²) in [5.74, 6) is 0.559. The van der Waals surface area contributed by atoms with Crippen LogP contribution in [0.25, 0.3) is 11.1 Å². The van der Waals surface area contributed by atoms with E-state index in [2.05, 4.69) is 81.2 Å². The Morgan fingerprint density at radius 3 is 2.33 bits per heavy atom. The van der Waals surface area contributed by atoms with E-state index in [4.69, 9.17) is 20.4 Å². The number of rotatable bonds is 2. The van der Waals surface area contributed by atoms with E-state index in [-0.39, 0.29) is 11.9 Å². The van der Waals surface area contributed by atoms with Crippen molar-refractivity contribution in [2.75, 3.05) is 13.2 Å². The Kier molecular flexibility index (Phi) is 6.39. The van der Waals surface area contributed by atoms with Crippen LogP contribution in [0.1, 0.15) is 38.8 Å². The van der Waals surface area contributed by atoms with Crippen LogP contribution in [0.2, 0.25) is 0 Å². The number of nitrogens with zero attached hydrogens (tertiary/aromatic N) is 1. The smallest absolute Gasteiger partial charge is 0.290 e. The fraction of sp³-hybridized carbons (Fsp3) is 0.364. The molecule has 0 amide bonds. The van der Waals surface area contributed by atoms with Crippen LogP contribution in [-0.4, -0.2) is 30.6 Å². The van der Waals surface area contributed by atoms with Gasteiger partial charge in [0.25, 0.3) is 6.47 Å². The summed E-state index contributed by atoms with van der Waals surface area (Å²) in [7, 11) is 0. The van der Waals surface area contributed by atoms with Gasteiger partial charge in [-0.05, 0) is 40.7 Å². The van der Waals surface area contributed by atoms with E-state index in [1.54, 1.807) is 0 Å². The summed E-state index contributed by atoms with van der Waals surface area (Å²) in [6, 6.07) is 17.3. The second-order valence-electron chi connectivity index (χ2n) is 7.88. The number of hydrogen-bond donors (Lipinski definition) is 2. The van der Waals surface area contributed by atoms with Crippen molar-refractivity contribution < 1.29 is 14.6 Å². The lowest BCUT2D eigenvalue weighted by atomic mass is 9.85. The lowest BCUT2D eigenvalue weighted by molar-refractivity contribution is -0.122. The Morgan fingerprint density at radius 1 is 1.15 bits per heavy atom. The first-order chi connectivity index (χ1) is 12.7. The minimum Gasteiger partial charge on any atom is -0.483 e. The van der Waals surface area contributed by atoms with Crippen LogP contribution >= 0.6 is 0 Å². The zero-order chi connectivity index (χ0) is 20.1. The molecule has 3 N–H and O–H groups in total. The summed E-state index contributed by atoms with van der Waals surface area (Å²) in [6.45, 7) is 9.49. The monoisotopic (exact) mass is 368 g/mol. The summed E-state index contributed by atoms with van der Waals surface area (Å²) < 4.78 is 5.59. The summed E-state index contributed by atoms with van der Waals surface area (Å²) in [5.41, 5.74) is 10.5. The Balaban J connectivity index is 0.000000817. The molecule has 0 radical (unpaired) electrons. The molecule has 0 saturated carbocycles. The Bertz CT molecular complexity index is 807. The number of benzene rings is 2. The molecule has 0 fully saturated rings. The van der Waals surface area contributed by atoms with E-state index >= 15 is 0 Å². The standard InChI is InChI=1S/C21H26N2O.CH2O2/c1-20(2,3)17-10-8-15(9-11-17)16-6-5-7-18(12-16)21(4)14-24-13-19(22)23-21;2-1-3/h5-12H,13-14H2,1-4H3,(H2,22,23);1H,(H,2,3). The largest absolute Gasteiger partial charge is 0.483 e. The zero-order valence-corrected chi connectivity index (χ0v) is 16.4. The first kappa shape index (κ1) is 20.6. The number of carbonyl (C=O) groups is 1. The van der Waals surface area contributed by atoms with E-state index < -0.39 is 5.54 Å². The molecule has 5 heteroatoms. The maximum absolute atomic E-state index is 8.36. The summed E-state index contributed by atoms with van der Waals surface area (Å²) in [4.78, 5) is 13.0. The second-order valence-corrected chi connectivity index (χ2v) is 7.88. The van der Waals surface area contributed by atoms with Gasteiger partial charge in [-0.15, -0.1) is 0 Å². The Hall–Kier alpha value is -2.66. The molecular weight excluding hydrogens is 340 g/mol. The minimum atomic E-state index is -0.413. The summed E-state index contributed by atoms with van der Waals surface area (Å²) >= 11 is 0. The van der Waals surface area contributed by atoms with E-state index in [1.807, 2.05) is 0 Å². The van der Waals surface area contributed by atoms with Gasteiger partial charge in [-0.25, -0.2) is 0 Å². The third-order valence-corrected chi connectivity index (χ3v) is 4.59. The third-order valence-electron chi connectivity index (χ3n) is 4.59. The van der Waals surface area contributed by atoms with Crippen molar-refractivity contribution in [1.82, 2.24) is 0 Å². The highest BCUT2D eigenvalue weighted by Gasteiger charge is 2.30. The topological polar surface area (TPSA) is 84.9 Å². The Labute approximate surface area is 160 Å². The lowest BCUT2D eigenvalue weighted by Crippen LogP contribution is -2.37. The van der Waals surface area contributed by atoms with Gasteiger partial charge in [-0.3, -0.25) is 9.79 Å². The molecule has 2 aromatic carbocycles. The van der Waals surface area contributed by atoms with Crippen molar-refractivity contribution in [1.29, 1.82) is 0 Å². The van der Waals surface area contributed by atoms with E-state index in [1.165, 1.54) is 16.7 Å². The van der Waals surface area contributed by atoms with Crippen molar-refractivity contribution in [3.63, 3.8) is 0 Å². The summed E-state index contributed by atoms with van der Waals surface area (Å²) in [5, 5.41) is 6.89. The molecule has 0 saturated heterocycles. The predicted molar refractivity (Wildman–Crippen MR) is 109 cm³/mol. The number of carboxylic acid groups (broad SMARTS) is 1. The van der Waals surface area contributed by atoms with Gasteiger partial charge >= 0.3 is 0 Å². The fourth-order valence-electron chi connectivity index (χ4n) is 3.08. The first-order valence-corrected chi connectivity index (χ1v) is 8.91. The molecule has 5 nitrogen and oxygen atoms in total. The maximum Gasteiger partial charge on any atom is 0.290 e. The highest BCUT2D eigenvalue weighted by atomic mass is 16.5. The van der Waals surface area contributed by atoms with Crippen molar-refractivity contribution in [2.45, 2.75) is 38.6 Å². The molecule has 1 unspecified atom stereocenters. The molecule has 0 aromatic heterocycles. The molecule has 144 valence electrons. The minimum absolute atomic E-state index is 0.166. The van der Waals surface area contributed by atoms with Crippen LogP contribution in [0.4, 0.5) is 0 Å². The van der Waals surface area contributed by atoms with Gasteiger partial charge in [-0.1, -0.05) is 63.2 Å². The molecule has 1 aliphatic rings. The SMILES string of the molecule is CC(C)(C)c1ccc(-c2cccc(C3(C)COCC(N)=N3)c2)cc1.O=CO. The molecule has 1 aliphatic heterocycles. The van der Waals surface area contributed by atoms with Crippen molar-refractivity contribution in [3.8, 4) is 11.1 Å². The van der Waals surface area contributed by atoms with Gasteiger partial charge in [0.15, 0.2) is 0 Å². The van der Waals surface area contributed by atoms with E-state index in [0.717, 1.165) is 5.56 Å². The van der Waals surface area contributed by atoms with Crippen molar-refractivity contribution in [2.24, 2.45) is 10.7 Å². The van der Waals surface area contributed by atoms with Crippen LogP contribution in [0, 0.1) is 0 Å². The average Bonchev–Trinajstić information content (AvgIpc) is 2.62. The van der Waals surface area contributed by atoms with E-state index in [0.29, 0.717) is 19.0 Å². The van der Waals surface area contributed by atoms with Gasteiger partial charge < -0.3 is 15.6 Å². The van der Waals surface area contributed by atoms with Crippen LogP contribution < -0.4 is 5.73 Å². The van der Waals surface area contributed by atoms with Gasteiger partial charge in [-0.2, -0.15) is 0 Å². The molecule has 3 rings (SSSR count). The van der Waals surface area contributed by atoms with Gasteiger partial charge in [0.2, 0.25) is 0 Å². The van der Waals surface area contributed by atoms with Gasteiger partial charge in [0.1, 0.15) is 18.0 Å². The normalized spacial score (nSPS) is 19.5. The molecule has 1 heterocycles. The quantitative estimate of drug-likeness (QED) is 0.786. The first-order valence-electron chi connectivity index (χ1n) is 8.91. The Morgan fingerprint density at radius 2 is 1.78 bits per heavy atom. The highest BCUT2D eigenvalue weighted by Crippen LogP contribution is 2.32. The van der Waals surface area contributed by atoms with Crippen molar-refractivity contribution >= 4 is 12.3 Å². The van der Waals surface area contributed by atoms with Crippen LogP contribution in [0.5, 0.6) is 0 Å². The fourth-order valence-corrected chi connectivity index (χ4v) is 3.08.